The Balaban J connectivity index is 1.89. The molecule has 26 heavy (non-hydrogen) atoms. The topological polar surface area (TPSA) is 60.5 Å². The lowest BCUT2D eigenvalue weighted by Crippen LogP contribution is -2.12. The highest BCUT2D eigenvalue weighted by Gasteiger charge is 2.20. The predicted molar refractivity (Wildman–Crippen MR) is 104 cm³/mol. The van der Waals surface area contributed by atoms with E-state index in [-0.39, 0.29) is 0 Å². The first-order chi connectivity index (χ1) is 12.7. The van der Waals surface area contributed by atoms with E-state index < -0.39 is 5.97 Å². The molecule has 1 aromatic heterocycles. The number of methoxy groups -OCH3 is 1. The quantitative estimate of drug-likeness (QED) is 0.463. The van der Waals surface area contributed by atoms with E-state index in [1.54, 1.807) is 12.3 Å². The summed E-state index contributed by atoms with van der Waals surface area (Å²) in [5.74, 6) is -0.177. The smallest absolute Gasteiger partial charge is 0.342 e. The van der Waals surface area contributed by atoms with Gasteiger partial charge < -0.3 is 4.74 Å². The molecule has 132 valence electrons. The van der Waals surface area contributed by atoms with Crippen molar-refractivity contribution < 1.29 is 14.4 Å². The molecular formula is C20H17BrN2O3. The van der Waals surface area contributed by atoms with Gasteiger partial charge in [0, 0.05) is 16.2 Å². The third-order valence-electron chi connectivity index (χ3n) is 3.73. The molecule has 0 unspecified atom stereocenters. The normalized spacial score (nSPS) is 10.4. The fourth-order valence-corrected chi connectivity index (χ4v) is 2.91. The molecule has 0 aliphatic rings. The van der Waals surface area contributed by atoms with Gasteiger partial charge in [0.2, 0.25) is 0 Å². The summed E-state index contributed by atoms with van der Waals surface area (Å²) in [5.41, 5.74) is 5.68. The molecule has 0 aliphatic carbocycles. The number of pyridine rings is 1. The Kier molecular flexibility index (Phi) is 5.99. The van der Waals surface area contributed by atoms with Crippen LogP contribution < -0.4 is 5.48 Å². The zero-order chi connectivity index (χ0) is 18.4. The molecule has 0 atom stereocenters. The molecule has 0 saturated carbocycles. The van der Waals surface area contributed by atoms with Gasteiger partial charge in [-0.2, -0.15) is 0 Å². The van der Waals surface area contributed by atoms with Crippen LogP contribution in [0.4, 0.5) is 5.82 Å². The summed E-state index contributed by atoms with van der Waals surface area (Å²) in [6.45, 7) is 0.338. The average molecular weight is 413 g/mol. The van der Waals surface area contributed by atoms with Gasteiger partial charge in [-0.15, -0.1) is 0 Å². The first-order valence-corrected chi connectivity index (χ1v) is 8.73. The van der Waals surface area contributed by atoms with Gasteiger partial charge >= 0.3 is 5.97 Å². The van der Waals surface area contributed by atoms with Crippen LogP contribution >= 0.6 is 15.9 Å². The van der Waals surface area contributed by atoms with E-state index in [2.05, 4.69) is 26.4 Å². The van der Waals surface area contributed by atoms with Gasteiger partial charge in [0.05, 0.1) is 13.7 Å². The molecule has 0 fully saturated rings. The number of hydrogen-bond donors (Lipinski definition) is 1. The van der Waals surface area contributed by atoms with Crippen LogP contribution in [0.2, 0.25) is 0 Å². The molecule has 2 aromatic carbocycles. The number of hydrogen-bond acceptors (Lipinski definition) is 5. The molecule has 0 amide bonds. The monoisotopic (exact) mass is 412 g/mol. The SMILES string of the molecule is COC(=O)c1c(-c2cccc(Br)c2)ccnc1NOCc1ccccc1. The molecule has 0 aliphatic heterocycles. The molecular weight excluding hydrogens is 396 g/mol. The molecule has 1 N–H and O–H groups in total. The Labute approximate surface area is 160 Å². The third kappa shape index (κ3) is 4.28. The summed E-state index contributed by atoms with van der Waals surface area (Å²) in [4.78, 5) is 22.1. The number of carbonyl (C=O) groups excluding carboxylic acids is 1. The van der Waals surface area contributed by atoms with E-state index >= 15 is 0 Å². The van der Waals surface area contributed by atoms with Crippen LogP contribution in [0.25, 0.3) is 11.1 Å². The second-order valence-corrected chi connectivity index (χ2v) is 6.38. The van der Waals surface area contributed by atoms with Crippen LogP contribution in [0, 0.1) is 0 Å². The molecule has 1 heterocycles. The van der Waals surface area contributed by atoms with Crippen molar-refractivity contribution >= 4 is 27.7 Å². The van der Waals surface area contributed by atoms with Crippen molar-refractivity contribution in [2.45, 2.75) is 6.61 Å². The first kappa shape index (κ1) is 18.1. The van der Waals surface area contributed by atoms with E-state index in [1.165, 1.54) is 7.11 Å². The Morgan fingerprint density at radius 1 is 1.12 bits per heavy atom. The molecule has 0 radical (unpaired) electrons. The van der Waals surface area contributed by atoms with Crippen LogP contribution in [0.5, 0.6) is 0 Å². The number of anilines is 1. The molecule has 0 saturated heterocycles. The van der Waals surface area contributed by atoms with Crippen LogP contribution in [0.1, 0.15) is 15.9 Å². The van der Waals surface area contributed by atoms with Gasteiger partial charge in [0.25, 0.3) is 0 Å². The van der Waals surface area contributed by atoms with Crippen molar-refractivity contribution in [3.05, 3.63) is 82.5 Å². The van der Waals surface area contributed by atoms with Gasteiger partial charge in [0.15, 0.2) is 5.82 Å². The number of nitrogens with one attached hydrogen (secondary N) is 1. The largest absolute Gasteiger partial charge is 0.465 e. The highest BCUT2D eigenvalue weighted by Crippen LogP contribution is 2.30. The second-order valence-electron chi connectivity index (χ2n) is 5.46. The fraction of sp³-hybridized carbons (Fsp3) is 0.100. The molecule has 6 heteroatoms. The molecule has 3 aromatic rings. The minimum atomic E-state index is -0.487. The lowest BCUT2D eigenvalue weighted by atomic mass is 10.0. The van der Waals surface area contributed by atoms with Crippen LogP contribution in [-0.2, 0) is 16.2 Å². The average Bonchev–Trinajstić information content (AvgIpc) is 2.68. The van der Waals surface area contributed by atoms with Crippen molar-refractivity contribution in [3.8, 4) is 11.1 Å². The van der Waals surface area contributed by atoms with E-state index in [0.717, 1.165) is 15.6 Å². The number of halogens is 1. The predicted octanol–water partition coefficient (Wildman–Crippen LogP) is 4.84. The van der Waals surface area contributed by atoms with E-state index in [1.807, 2.05) is 54.6 Å². The van der Waals surface area contributed by atoms with Crippen LogP contribution in [-0.4, -0.2) is 18.1 Å². The van der Waals surface area contributed by atoms with E-state index in [0.29, 0.717) is 23.6 Å². The zero-order valence-corrected chi connectivity index (χ0v) is 15.7. The summed E-state index contributed by atoms with van der Waals surface area (Å²) >= 11 is 3.45. The molecule has 0 bridgehead atoms. The lowest BCUT2D eigenvalue weighted by molar-refractivity contribution is 0.0600. The van der Waals surface area contributed by atoms with E-state index in [9.17, 15) is 4.79 Å². The van der Waals surface area contributed by atoms with Crippen LogP contribution in [0.15, 0.2) is 71.3 Å². The minimum Gasteiger partial charge on any atom is -0.465 e. The lowest BCUT2D eigenvalue weighted by Gasteiger charge is -2.14. The maximum Gasteiger partial charge on any atom is 0.342 e. The molecule has 0 spiro atoms. The number of carbonyl (C=O) groups is 1. The maximum atomic E-state index is 12.4. The number of nitrogens with zero attached hydrogens (tertiary/aromatic N) is 1. The minimum absolute atomic E-state index is 0.310. The summed E-state index contributed by atoms with van der Waals surface area (Å²) in [6, 6.07) is 19.2. The number of esters is 1. The first-order valence-electron chi connectivity index (χ1n) is 7.94. The highest BCUT2D eigenvalue weighted by molar-refractivity contribution is 9.10. The number of aromatic nitrogens is 1. The zero-order valence-electron chi connectivity index (χ0n) is 14.1. The number of benzene rings is 2. The number of ether oxygens (including phenoxy) is 1. The Bertz CT molecular complexity index is 901. The second kappa shape index (κ2) is 8.60. The third-order valence-corrected chi connectivity index (χ3v) is 4.22. The summed E-state index contributed by atoms with van der Waals surface area (Å²) in [7, 11) is 1.34. The molecule has 3 rings (SSSR count). The Hall–Kier alpha value is -2.70. The molecule has 5 nitrogen and oxygen atoms in total. The van der Waals surface area contributed by atoms with Crippen molar-refractivity contribution in [1.29, 1.82) is 0 Å². The van der Waals surface area contributed by atoms with Crippen molar-refractivity contribution in [2.24, 2.45) is 0 Å². The Morgan fingerprint density at radius 3 is 2.65 bits per heavy atom. The summed E-state index contributed by atoms with van der Waals surface area (Å²) in [5, 5.41) is 0. The summed E-state index contributed by atoms with van der Waals surface area (Å²) < 4.78 is 5.86. The van der Waals surface area contributed by atoms with E-state index in [4.69, 9.17) is 9.57 Å². The van der Waals surface area contributed by atoms with Gasteiger partial charge in [-0.25, -0.2) is 15.3 Å². The fourth-order valence-electron chi connectivity index (χ4n) is 2.51. The maximum absolute atomic E-state index is 12.4. The van der Waals surface area contributed by atoms with Gasteiger partial charge in [0.1, 0.15) is 5.56 Å². The van der Waals surface area contributed by atoms with Gasteiger partial charge in [-0.1, -0.05) is 58.4 Å². The van der Waals surface area contributed by atoms with Crippen molar-refractivity contribution in [2.75, 3.05) is 12.6 Å². The van der Waals surface area contributed by atoms with Gasteiger partial charge in [-0.3, -0.25) is 4.84 Å². The summed E-state index contributed by atoms with van der Waals surface area (Å²) in [6.07, 6.45) is 1.62. The van der Waals surface area contributed by atoms with Crippen molar-refractivity contribution in [1.82, 2.24) is 4.98 Å². The standard InChI is InChI=1S/C20H17BrN2O3/c1-25-20(24)18-17(15-8-5-9-16(21)12-15)10-11-22-19(18)23-26-13-14-6-3-2-4-7-14/h2-12H,13H2,1H3,(H,22,23). The Morgan fingerprint density at radius 2 is 1.92 bits per heavy atom. The number of rotatable bonds is 6. The highest BCUT2D eigenvalue weighted by atomic mass is 79.9. The van der Waals surface area contributed by atoms with Crippen molar-refractivity contribution in [3.63, 3.8) is 0 Å². The van der Waals surface area contributed by atoms with Gasteiger partial charge in [-0.05, 0) is 29.3 Å². The van der Waals surface area contributed by atoms with Crippen LogP contribution in [0.3, 0.4) is 0 Å².